The molecule has 1 aromatic rings. The summed E-state index contributed by atoms with van der Waals surface area (Å²) >= 11 is 0. The van der Waals surface area contributed by atoms with E-state index in [0.717, 1.165) is 0 Å². The predicted molar refractivity (Wildman–Crippen MR) is 83.2 cm³/mol. The summed E-state index contributed by atoms with van der Waals surface area (Å²) in [6.45, 7) is 7.53. The lowest BCUT2D eigenvalue weighted by Crippen LogP contribution is -2.44. The second-order valence-corrected chi connectivity index (χ2v) is 6.16. The summed E-state index contributed by atoms with van der Waals surface area (Å²) in [5, 5.41) is 14.7. The van der Waals surface area contributed by atoms with E-state index in [1.165, 1.54) is 6.92 Å². The Balaban J connectivity index is 2.76. The summed E-state index contributed by atoms with van der Waals surface area (Å²) in [4.78, 5) is 23.2. The summed E-state index contributed by atoms with van der Waals surface area (Å²) in [6.07, 6.45) is 0.513. The highest BCUT2D eigenvalue weighted by Crippen LogP contribution is 2.22. The highest BCUT2D eigenvalue weighted by atomic mass is 16.3. The average molecular weight is 292 g/mol. The summed E-state index contributed by atoms with van der Waals surface area (Å²) in [7, 11) is 0. The van der Waals surface area contributed by atoms with Crippen molar-refractivity contribution < 1.29 is 14.7 Å². The normalized spacial score (nSPS) is 12.6. The third-order valence-electron chi connectivity index (χ3n) is 3.24. The summed E-state index contributed by atoms with van der Waals surface area (Å²) in [5.74, 6) is -0.333. The molecule has 0 aromatic heterocycles. The van der Waals surface area contributed by atoms with Gasteiger partial charge >= 0.3 is 0 Å². The molecule has 0 heterocycles. The Hall–Kier alpha value is -1.88. The number of amides is 2. The Bertz CT molecular complexity index is 489. The molecule has 0 spiro atoms. The van der Waals surface area contributed by atoms with Gasteiger partial charge in [0.25, 0.3) is 5.91 Å². The fourth-order valence-electron chi connectivity index (χ4n) is 2.00. The first-order valence-electron chi connectivity index (χ1n) is 7.03. The van der Waals surface area contributed by atoms with Gasteiger partial charge in [-0.05, 0) is 36.1 Å². The zero-order valence-electron chi connectivity index (χ0n) is 13.1. The first-order valence-corrected chi connectivity index (χ1v) is 7.03. The minimum atomic E-state index is -0.183. The molecule has 116 valence electrons. The minimum Gasteiger partial charge on any atom is -0.396 e. The number of benzene rings is 1. The number of rotatable bonds is 5. The van der Waals surface area contributed by atoms with Gasteiger partial charge in [-0.25, -0.2) is 0 Å². The Kier molecular flexibility index (Phi) is 5.90. The first kappa shape index (κ1) is 17.2. The molecule has 0 saturated heterocycles. The van der Waals surface area contributed by atoms with Crippen molar-refractivity contribution in [2.24, 2.45) is 5.41 Å². The van der Waals surface area contributed by atoms with Gasteiger partial charge in [-0.3, -0.25) is 9.59 Å². The molecule has 5 nitrogen and oxygen atoms in total. The molecule has 0 radical (unpaired) electrons. The monoisotopic (exact) mass is 292 g/mol. The Labute approximate surface area is 125 Å². The smallest absolute Gasteiger partial charge is 0.251 e. The van der Waals surface area contributed by atoms with Crippen LogP contribution < -0.4 is 10.6 Å². The highest BCUT2D eigenvalue weighted by molar-refractivity contribution is 5.95. The maximum absolute atomic E-state index is 12.2. The van der Waals surface area contributed by atoms with E-state index in [-0.39, 0.29) is 29.9 Å². The van der Waals surface area contributed by atoms with Crippen LogP contribution in [0.2, 0.25) is 0 Å². The molecule has 0 aliphatic carbocycles. The molecular weight excluding hydrogens is 268 g/mol. The number of carbonyl (C=O) groups excluding carboxylic acids is 2. The van der Waals surface area contributed by atoms with Crippen LogP contribution in [-0.2, 0) is 4.79 Å². The van der Waals surface area contributed by atoms with Gasteiger partial charge in [0, 0.05) is 30.8 Å². The fraction of sp³-hybridized carbons (Fsp3) is 0.500. The van der Waals surface area contributed by atoms with Crippen LogP contribution >= 0.6 is 0 Å². The molecule has 1 rings (SSSR count). The van der Waals surface area contributed by atoms with Crippen LogP contribution in [0.5, 0.6) is 0 Å². The van der Waals surface area contributed by atoms with E-state index in [1.54, 1.807) is 24.3 Å². The quantitative estimate of drug-likeness (QED) is 0.778. The predicted octanol–water partition coefficient (Wildman–Crippen LogP) is 2.17. The molecule has 21 heavy (non-hydrogen) atoms. The van der Waals surface area contributed by atoms with Gasteiger partial charge in [-0.15, -0.1) is 0 Å². The third-order valence-corrected chi connectivity index (χ3v) is 3.24. The van der Waals surface area contributed by atoms with Gasteiger partial charge in [0.15, 0.2) is 0 Å². The molecule has 0 fully saturated rings. The van der Waals surface area contributed by atoms with Crippen LogP contribution in [-0.4, -0.2) is 29.6 Å². The molecule has 0 aliphatic rings. The van der Waals surface area contributed by atoms with Gasteiger partial charge < -0.3 is 15.7 Å². The van der Waals surface area contributed by atoms with Crippen molar-refractivity contribution >= 4 is 17.5 Å². The Morgan fingerprint density at radius 1 is 1.19 bits per heavy atom. The number of aliphatic hydroxyl groups excluding tert-OH is 1. The number of anilines is 1. The van der Waals surface area contributed by atoms with E-state index in [1.807, 2.05) is 20.8 Å². The molecule has 2 amide bonds. The van der Waals surface area contributed by atoms with E-state index < -0.39 is 0 Å². The second-order valence-electron chi connectivity index (χ2n) is 6.16. The van der Waals surface area contributed by atoms with E-state index in [4.69, 9.17) is 5.11 Å². The summed E-state index contributed by atoms with van der Waals surface area (Å²) < 4.78 is 0. The Morgan fingerprint density at radius 3 is 2.19 bits per heavy atom. The van der Waals surface area contributed by atoms with Crippen molar-refractivity contribution in [3.05, 3.63) is 29.8 Å². The lowest BCUT2D eigenvalue weighted by molar-refractivity contribution is -0.114. The van der Waals surface area contributed by atoms with Gasteiger partial charge in [0.2, 0.25) is 5.91 Å². The minimum absolute atomic E-state index is 0.0314. The molecular formula is C16H24N2O3. The fourth-order valence-corrected chi connectivity index (χ4v) is 2.00. The maximum Gasteiger partial charge on any atom is 0.251 e. The van der Waals surface area contributed by atoms with Crippen LogP contribution in [0.15, 0.2) is 24.3 Å². The van der Waals surface area contributed by atoms with Gasteiger partial charge in [-0.2, -0.15) is 0 Å². The van der Waals surface area contributed by atoms with Crippen molar-refractivity contribution in [3.8, 4) is 0 Å². The van der Waals surface area contributed by atoms with Gasteiger partial charge in [0.1, 0.15) is 0 Å². The van der Waals surface area contributed by atoms with Crippen molar-refractivity contribution in [1.82, 2.24) is 5.32 Å². The van der Waals surface area contributed by atoms with E-state index in [0.29, 0.717) is 17.7 Å². The zero-order chi connectivity index (χ0) is 16.0. The molecule has 0 bridgehead atoms. The van der Waals surface area contributed by atoms with Crippen LogP contribution in [0.4, 0.5) is 5.69 Å². The molecule has 1 unspecified atom stereocenters. The molecule has 0 saturated carbocycles. The van der Waals surface area contributed by atoms with Crippen LogP contribution in [0.3, 0.4) is 0 Å². The number of hydrogen-bond donors (Lipinski definition) is 3. The van der Waals surface area contributed by atoms with Crippen LogP contribution in [0.25, 0.3) is 0 Å². The standard InChI is InChI=1S/C16H24N2O3/c1-11(20)17-13-7-5-12(6-8-13)15(21)18-14(9-10-19)16(2,3)4/h5-8,14,19H,9-10H2,1-4H3,(H,17,20)(H,18,21). The molecule has 3 N–H and O–H groups in total. The second kappa shape index (κ2) is 7.22. The lowest BCUT2D eigenvalue weighted by atomic mass is 9.85. The average Bonchev–Trinajstić information content (AvgIpc) is 2.37. The van der Waals surface area contributed by atoms with Crippen molar-refractivity contribution in [2.45, 2.75) is 40.2 Å². The Morgan fingerprint density at radius 2 is 1.76 bits per heavy atom. The largest absolute Gasteiger partial charge is 0.396 e. The zero-order valence-corrected chi connectivity index (χ0v) is 13.1. The van der Waals surface area contributed by atoms with E-state index >= 15 is 0 Å². The molecule has 1 atom stereocenters. The molecule has 5 heteroatoms. The molecule has 1 aromatic carbocycles. The third kappa shape index (κ3) is 5.55. The molecule has 0 aliphatic heterocycles. The van der Waals surface area contributed by atoms with Crippen molar-refractivity contribution in [3.63, 3.8) is 0 Å². The topological polar surface area (TPSA) is 78.4 Å². The summed E-state index contributed by atoms with van der Waals surface area (Å²) in [6, 6.07) is 6.60. The van der Waals surface area contributed by atoms with Crippen molar-refractivity contribution in [2.75, 3.05) is 11.9 Å². The van der Waals surface area contributed by atoms with Crippen LogP contribution in [0.1, 0.15) is 44.5 Å². The van der Waals surface area contributed by atoms with E-state index in [9.17, 15) is 9.59 Å². The van der Waals surface area contributed by atoms with Gasteiger partial charge in [-0.1, -0.05) is 20.8 Å². The van der Waals surface area contributed by atoms with Gasteiger partial charge in [0.05, 0.1) is 0 Å². The SMILES string of the molecule is CC(=O)Nc1ccc(C(=O)NC(CCO)C(C)(C)C)cc1. The van der Waals surface area contributed by atoms with Crippen molar-refractivity contribution in [1.29, 1.82) is 0 Å². The number of carbonyl (C=O) groups is 2. The number of aliphatic hydroxyl groups is 1. The van der Waals surface area contributed by atoms with E-state index in [2.05, 4.69) is 10.6 Å². The number of hydrogen-bond acceptors (Lipinski definition) is 3. The lowest BCUT2D eigenvalue weighted by Gasteiger charge is -2.31. The van der Waals surface area contributed by atoms with Crippen LogP contribution in [0, 0.1) is 5.41 Å². The number of nitrogens with one attached hydrogen (secondary N) is 2. The first-order chi connectivity index (χ1) is 9.74. The maximum atomic E-state index is 12.2. The summed E-state index contributed by atoms with van der Waals surface area (Å²) in [5.41, 5.74) is 1.05. The highest BCUT2D eigenvalue weighted by Gasteiger charge is 2.25.